The van der Waals surface area contributed by atoms with Crippen molar-refractivity contribution in [3.63, 3.8) is 0 Å². The lowest BCUT2D eigenvalue weighted by atomic mass is 9.79. The second-order valence-electron chi connectivity index (χ2n) is 22.4. The molecule has 1 spiro atoms. The number of fused-ring (bicyclic) bond motifs is 3. The highest BCUT2D eigenvalue weighted by Gasteiger charge is 2.54. The molecule has 10 rings (SSSR count). The van der Waals surface area contributed by atoms with Crippen LogP contribution in [0, 0.1) is 0 Å². The number of carbonyl (C=O) groups excluding carboxylic acids is 7. The summed E-state index contributed by atoms with van der Waals surface area (Å²) in [7, 11) is 6.09. The first-order valence-electron chi connectivity index (χ1n) is 30.2. The van der Waals surface area contributed by atoms with E-state index < -0.39 is 61.2 Å². The number of hydrogen-bond donors (Lipinski definition) is 5. The second kappa shape index (κ2) is 42.7. The number of anilines is 1. The minimum absolute atomic E-state index is 0.0220. The SMILES string of the molecule is COC(=O)c1cc[n+](O)cc1C(=O)OC.COC(=O)c1ccncc1C(=O)OC.COC(=O)c1cnc(Cl)cc1C(=O)OC.C[Si](C)(C)CCOCN1C(=O)C2(Cc3cnc(Cl)cc3C2)c2cccnc21.ClCc1cnc(Cl)cc1CCl.O=C(O)c1ccncc1C(=O)O.OCc1cnc(Cl)cc1CO. The van der Waals surface area contributed by atoms with Crippen LogP contribution in [0.1, 0.15) is 122 Å². The maximum atomic E-state index is 13.5. The molecule has 558 valence electrons. The Kier molecular flexibility index (Phi) is 35.6. The number of aromatic nitrogens is 8. The van der Waals surface area contributed by atoms with Gasteiger partial charge in [-0.25, -0.2) is 63.3 Å². The molecule has 30 nitrogen and oxygen atoms in total. The highest BCUT2D eigenvalue weighted by Crippen LogP contribution is 2.49. The number of carboxylic acids is 2. The summed E-state index contributed by atoms with van der Waals surface area (Å²) >= 11 is 34.1. The average Bonchev–Trinajstić information content (AvgIpc) is 1.56. The van der Waals surface area contributed by atoms with Crippen LogP contribution in [0.15, 0.2) is 123 Å². The average molecular weight is 1590 g/mol. The van der Waals surface area contributed by atoms with E-state index in [4.69, 9.17) is 100.0 Å². The lowest BCUT2D eigenvalue weighted by molar-refractivity contribution is -0.904. The normalized spacial score (nSPS) is 12.5. The van der Waals surface area contributed by atoms with Crippen molar-refractivity contribution in [2.45, 2.75) is 68.9 Å². The van der Waals surface area contributed by atoms with Gasteiger partial charge in [0.2, 0.25) is 18.3 Å². The van der Waals surface area contributed by atoms with Gasteiger partial charge in [-0.05, 0) is 89.2 Å². The monoisotopic (exact) mass is 1590 g/mol. The predicted octanol–water partition coefficient (Wildman–Crippen LogP) is 9.98. The fourth-order valence-corrected chi connectivity index (χ4v) is 11.2. The number of pyridine rings is 8. The zero-order valence-corrected chi connectivity index (χ0v) is 63.0. The number of halogens is 6. The third-order valence-electron chi connectivity index (χ3n) is 14.5. The number of rotatable bonds is 17. The minimum atomic E-state index is -1.29. The second-order valence-corrected chi connectivity index (χ2v) is 30.1. The molecule has 5 N–H and O–H groups in total. The third-order valence-corrected chi connectivity index (χ3v) is 17.6. The molecule has 0 radical (unpaired) electrons. The number of nitrogens with zero attached hydrogens (tertiary/aromatic N) is 9. The Labute approximate surface area is 631 Å². The Bertz CT molecular complexity index is 4210. The molecule has 0 bridgehead atoms. The number of hydrogen-bond acceptors (Lipinski definition) is 26. The van der Waals surface area contributed by atoms with Gasteiger partial charge in [0, 0.05) is 104 Å². The number of carbonyl (C=O) groups is 9. The molecule has 37 heteroatoms. The molecule has 105 heavy (non-hydrogen) atoms. The molecule has 8 aromatic rings. The van der Waals surface area contributed by atoms with Crippen molar-refractivity contribution in [2.75, 3.05) is 60.9 Å². The largest absolute Gasteiger partial charge is 0.478 e. The number of aliphatic hydroxyl groups excluding tert-OH is 2. The minimum Gasteiger partial charge on any atom is -0.478 e. The number of alkyl halides is 2. The number of esters is 6. The number of carboxylic acid groups (broad SMARTS) is 2. The van der Waals surface area contributed by atoms with E-state index in [0.29, 0.717) is 62.5 Å². The van der Waals surface area contributed by atoms with Gasteiger partial charge in [-0.2, -0.15) is 0 Å². The van der Waals surface area contributed by atoms with Gasteiger partial charge < -0.3 is 53.6 Å². The van der Waals surface area contributed by atoms with Crippen LogP contribution in [0.5, 0.6) is 0 Å². The standard InChI is InChI=1S/C20H24ClN3O2Si.C9H8ClNO4.C9H10NO5.C9H9NO4.C7H6Cl3N.C7H8ClNO2.C7H5NO4/c1-27(2,3)8-7-26-13-24-18-16(5-4-6-22-18)20(19(24)25)10-14-9-17(21)23-12-15(14)11-20;1-14-8(12)5-3-7(10)11-4-6(5)9(13)15-2;1-14-8(11)6-3-4-10(13)5-7(6)9(12)15-2;1-13-8(11)6-3-4-10-5-7(6)9(12)14-2;8-2-5-1-7(10)11-4-6(5)3-9;8-7-1-5(3-10)6(4-11)2-9-7;9-6(10)4-1-2-8-3-5(4)7(11)12/h4-6,9,12H,7-8,10-11,13H2,1-3H3;3-4H,1-2H3;3-5,13H,1-2H3;3-5H,1-2H3;1,4H,2-3H2;1-2,10-11H,3-4H2;1-3H,(H,9,10)(H,11,12)/q;;+1;;;;. The first-order valence-corrected chi connectivity index (χ1v) is 36.5. The molecule has 0 saturated carbocycles. The van der Waals surface area contributed by atoms with Gasteiger partial charge in [0.1, 0.15) is 38.7 Å². The number of methoxy groups -OCH3 is 6. The van der Waals surface area contributed by atoms with Crippen molar-refractivity contribution in [3.8, 4) is 0 Å². The molecule has 1 unspecified atom stereocenters. The zero-order valence-electron chi connectivity index (χ0n) is 57.5. The van der Waals surface area contributed by atoms with E-state index in [0.717, 1.165) is 58.1 Å². The summed E-state index contributed by atoms with van der Waals surface area (Å²) in [5, 5.41) is 45.0. The summed E-state index contributed by atoms with van der Waals surface area (Å²) < 4.78 is 33.4. The molecular weight excluding hydrogens is 1520 g/mol. The van der Waals surface area contributed by atoms with Crippen LogP contribution in [-0.4, -0.2) is 178 Å². The molecule has 1 aliphatic carbocycles. The highest BCUT2D eigenvalue weighted by atomic mass is 35.5. The molecule has 1 atom stereocenters. The van der Waals surface area contributed by atoms with Crippen molar-refractivity contribution >= 4 is 137 Å². The van der Waals surface area contributed by atoms with E-state index in [9.17, 15) is 43.2 Å². The summed E-state index contributed by atoms with van der Waals surface area (Å²) in [6, 6.07) is 15.2. The third kappa shape index (κ3) is 25.1. The predicted molar refractivity (Wildman–Crippen MR) is 382 cm³/mol. The van der Waals surface area contributed by atoms with Crippen LogP contribution in [0.2, 0.25) is 46.3 Å². The van der Waals surface area contributed by atoms with E-state index in [1.807, 2.05) is 18.2 Å². The molecule has 8 aromatic heterocycles. The van der Waals surface area contributed by atoms with Gasteiger partial charge >= 0.3 is 47.8 Å². The van der Waals surface area contributed by atoms with Crippen LogP contribution < -0.4 is 9.63 Å². The zero-order chi connectivity index (χ0) is 78.3. The Morgan fingerprint density at radius 3 is 1.50 bits per heavy atom. The first-order chi connectivity index (χ1) is 49.9. The first kappa shape index (κ1) is 87.5. The summed E-state index contributed by atoms with van der Waals surface area (Å²) in [5.74, 6) is -4.86. The maximum absolute atomic E-state index is 13.5. The van der Waals surface area contributed by atoms with Crippen molar-refractivity contribution in [1.82, 2.24) is 34.9 Å². The van der Waals surface area contributed by atoms with E-state index in [1.54, 1.807) is 29.6 Å². The van der Waals surface area contributed by atoms with Crippen LogP contribution >= 0.6 is 69.6 Å². The lowest BCUT2D eigenvalue weighted by Crippen LogP contribution is -2.42. The number of aliphatic hydroxyl groups is 2. The molecule has 2 aliphatic rings. The summed E-state index contributed by atoms with van der Waals surface area (Å²) in [4.78, 5) is 131. The summed E-state index contributed by atoms with van der Waals surface area (Å²) in [6.45, 7) is 7.63. The quantitative estimate of drug-likeness (QED) is 0.00826. The van der Waals surface area contributed by atoms with E-state index >= 15 is 0 Å². The van der Waals surface area contributed by atoms with E-state index in [-0.39, 0.29) is 75.5 Å². The van der Waals surface area contributed by atoms with Gasteiger partial charge in [-0.15, -0.1) is 23.2 Å². The molecule has 0 fully saturated rings. The number of ether oxygens (including phenoxy) is 7. The molecule has 0 aromatic carbocycles. The van der Waals surface area contributed by atoms with Gasteiger partial charge in [0.15, 0.2) is 0 Å². The molecule has 1 aliphatic heterocycles. The fraction of sp³-hybridized carbons (Fsp3) is 0.279. The van der Waals surface area contributed by atoms with Crippen LogP contribution in [0.25, 0.3) is 0 Å². The van der Waals surface area contributed by atoms with Crippen LogP contribution in [0.3, 0.4) is 0 Å². The Morgan fingerprint density at radius 2 is 0.971 bits per heavy atom. The topological polar surface area (TPSA) is 417 Å². The Hall–Kier alpha value is -9.93. The molecular formula is C68H70Cl6N9O21Si+. The van der Waals surface area contributed by atoms with E-state index in [2.05, 4.69) is 83.0 Å². The van der Waals surface area contributed by atoms with Crippen LogP contribution in [-0.2, 0) is 81.2 Å². The molecule has 9 heterocycles. The fourth-order valence-electron chi connectivity index (χ4n) is 9.24. The van der Waals surface area contributed by atoms with Crippen LogP contribution in [0.4, 0.5) is 5.82 Å². The summed E-state index contributed by atoms with van der Waals surface area (Å²) in [6.07, 6.45) is 16.2. The number of aromatic carboxylic acids is 2. The Morgan fingerprint density at radius 1 is 0.514 bits per heavy atom. The van der Waals surface area contributed by atoms with Gasteiger partial charge in [0.25, 0.3) is 0 Å². The van der Waals surface area contributed by atoms with Gasteiger partial charge in [-0.3, -0.25) is 24.9 Å². The van der Waals surface area contributed by atoms with E-state index in [1.165, 1.54) is 104 Å². The van der Waals surface area contributed by atoms with Gasteiger partial charge in [-0.1, -0.05) is 72.1 Å². The maximum Gasteiger partial charge on any atom is 0.345 e. The molecule has 1 amide bonds. The van der Waals surface area contributed by atoms with Crippen molar-refractivity contribution < 1.29 is 107 Å². The lowest BCUT2D eigenvalue weighted by Gasteiger charge is -2.23. The van der Waals surface area contributed by atoms with Crippen molar-refractivity contribution in [1.29, 1.82) is 0 Å². The van der Waals surface area contributed by atoms with Crippen molar-refractivity contribution in [3.05, 3.63) is 227 Å². The van der Waals surface area contributed by atoms with Gasteiger partial charge in [0.05, 0.1) is 100 Å². The number of amides is 1. The highest BCUT2D eigenvalue weighted by molar-refractivity contribution is 6.76. The van der Waals surface area contributed by atoms with Crippen molar-refractivity contribution in [2.24, 2.45) is 0 Å². The smallest absolute Gasteiger partial charge is 0.345 e. The summed E-state index contributed by atoms with van der Waals surface area (Å²) in [5.41, 5.74) is 5.39. The Balaban J connectivity index is 0.000000267. The molecule has 0 saturated heterocycles.